The zero-order chi connectivity index (χ0) is 25.2. The number of amides is 1. The number of hydrogen-bond donors (Lipinski definition) is 1. The van der Waals surface area contributed by atoms with E-state index in [-0.39, 0.29) is 29.2 Å². The van der Waals surface area contributed by atoms with Gasteiger partial charge < -0.3 is 10.1 Å². The summed E-state index contributed by atoms with van der Waals surface area (Å²) in [6, 6.07) is 12.6. The number of nitrogens with one attached hydrogen (secondary N) is 1. The molecule has 0 saturated carbocycles. The molecule has 2 heterocycles. The Morgan fingerprint density at radius 3 is 2.43 bits per heavy atom. The van der Waals surface area contributed by atoms with E-state index >= 15 is 0 Å². The first-order valence-electron chi connectivity index (χ1n) is 12.2. The predicted molar refractivity (Wildman–Crippen MR) is 139 cm³/mol. The minimum atomic E-state index is -3.52. The van der Waals surface area contributed by atoms with Crippen molar-refractivity contribution >= 4 is 39.1 Å². The molecule has 6 nitrogen and oxygen atoms in total. The molecule has 1 amide bonds. The Labute approximate surface area is 218 Å². The fourth-order valence-corrected chi connectivity index (χ4v) is 6.92. The van der Waals surface area contributed by atoms with E-state index in [1.165, 1.54) is 4.31 Å². The summed E-state index contributed by atoms with van der Waals surface area (Å²) < 4.78 is 33.7. The van der Waals surface area contributed by atoms with Crippen LogP contribution < -0.4 is 10.1 Å². The van der Waals surface area contributed by atoms with Gasteiger partial charge >= 0.3 is 0 Å². The Morgan fingerprint density at radius 1 is 1.09 bits per heavy atom. The maximum Gasteiger partial charge on any atom is 0.223 e. The molecule has 35 heavy (non-hydrogen) atoms. The van der Waals surface area contributed by atoms with E-state index in [2.05, 4.69) is 19.2 Å². The number of halogens is 2. The Balaban J connectivity index is 1.39. The van der Waals surface area contributed by atoms with Gasteiger partial charge in [-0.2, -0.15) is 0 Å². The summed E-state index contributed by atoms with van der Waals surface area (Å²) >= 11 is 12.0. The van der Waals surface area contributed by atoms with Crippen molar-refractivity contribution in [3.63, 3.8) is 0 Å². The SMILES string of the molecule is CCC1(CC)C[C@@H](NC(=O)C2CCN(S(=O)(=O)Cc3ccc(Cl)c(Cl)c3)CC2)c2ccccc2O1. The molecular formula is C26H32Cl2N2O4S. The lowest BCUT2D eigenvalue weighted by Crippen LogP contribution is -2.47. The van der Waals surface area contributed by atoms with Crippen molar-refractivity contribution in [1.29, 1.82) is 0 Å². The van der Waals surface area contributed by atoms with Crippen molar-refractivity contribution in [3.8, 4) is 5.75 Å². The van der Waals surface area contributed by atoms with E-state index in [1.54, 1.807) is 18.2 Å². The number of rotatable bonds is 7. The van der Waals surface area contributed by atoms with E-state index in [0.717, 1.165) is 30.6 Å². The van der Waals surface area contributed by atoms with Gasteiger partial charge in [0.05, 0.1) is 21.8 Å². The minimum absolute atomic E-state index is 0.0191. The highest BCUT2D eigenvalue weighted by Gasteiger charge is 2.40. The van der Waals surface area contributed by atoms with Gasteiger partial charge in [-0.1, -0.05) is 61.3 Å². The zero-order valence-corrected chi connectivity index (χ0v) is 22.4. The maximum atomic E-state index is 13.2. The van der Waals surface area contributed by atoms with Crippen LogP contribution in [0.5, 0.6) is 5.75 Å². The van der Waals surface area contributed by atoms with Crippen LogP contribution in [0.2, 0.25) is 10.0 Å². The molecule has 2 aromatic rings. The Kier molecular flexibility index (Phi) is 8.01. The molecule has 1 atom stereocenters. The molecule has 0 radical (unpaired) electrons. The van der Waals surface area contributed by atoms with E-state index in [9.17, 15) is 13.2 Å². The summed E-state index contributed by atoms with van der Waals surface area (Å²) in [6.07, 6.45) is 3.42. The molecule has 9 heteroatoms. The van der Waals surface area contributed by atoms with Gasteiger partial charge in [-0.25, -0.2) is 12.7 Å². The van der Waals surface area contributed by atoms with Crippen LogP contribution >= 0.6 is 23.2 Å². The highest BCUT2D eigenvalue weighted by atomic mass is 35.5. The molecule has 2 aliphatic heterocycles. The third-order valence-corrected chi connectivity index (χ3v) is 9.94. The van der Waals surface area contributed by atoms with Gasteiger partial charge in [0.25, 0.3) is 0 Å². The van der Waals surface area contributed by atoms with Crippen LogP contribution in [0.1, 0.15) is 63.1 Å². The van der Waals surface area contributed by atoms with Gasteiger partial charge in [0.1, 0.15) is 11.4 Å². The lowest BCUT2D eigenvalue weighted by atomic mass is 9.83. The van der Waals surface area contributed by atoms with Crippen LogP contribution in [-0.4, -0.2) is 37.3 Å². The third-order valence-electron chi connectivity index (χ3n) is 7.35. The first-order chi connectivity index (χ1) is 16.7. The monoisotopic (exact) mass is 538 g/mol. The van der Waals surface area contributed by atoms with Crippen molar-refractivity contribution in [2.45, 2.75) is 63.3 Å². The molecule has 0 spiro atoms. The van der Waals surface area contributed by atoms with Crippen LogP contribution in [0.15, 0.2) is 42.5 Å². The summed E-state index contributed by atoms with van der Waals surface area (Å²) in [5.41, 5.74) is 1.29. The summed E-state index contributed by atoms with van der Waals surface area (Å²) in [7, 11) is -3.52. The normalized spacial score (nSPS) is 20.6. The van der Waals surface area contributed by atoms with E-state index in [1.807, 2.05) is 24.3 Å². The van der Waals surface area contributed by atoms with Crippen LogP contribution in [0.3, 0.4) is 0 Å². The molecule has 1 fully saturated rings. The lowest BCUT2D eigenvalue weighted by molar-refractivity contribution is -0.127. The third kappa shape index (κ3) is 5.79. The van der Waals surface area contributed by atoms with E-state index < -0.39 is 10.0 Å². The number of carbonyl (C=O) groups is 1. The van der Waals surface area contributed by atoms with Crippen LogP contribution in [0.25, 0.3) is 0 Å². The predicted octanol–water partition coefficient (Wildman–Crippen LogP) is 5.73. The number of para-hydroxylation sites is 1. The number of piperidine rings is 1. The Morgan fingerprint density at radius 2 is 1.77 bits per heavy atom. The smallest absolute Gasteiger partial charge is 0.223 e. The molecule has 2 aliphatic rings. The van der Waals surface area contributed by atoms with Crippen molar-refractivity contribution in [3.05, 3.63) is 63.6 Å². The minimum Gasteiger partial charge on any atom is -0.487 e. The second kappa shape index (κ2) is 10.7. The standard InChI is InChI=1S/C26H32Cl2N2O4S/c1-3-26(4-2)16-23(20-7-5-6-8-24(20)34-26)29-25(31)19-11-13-30(14-12-19)35(32,33)17-18-9-10-21(27)22(28)15-18/h5-10,15,19,23H,3-4,11-14,16-17H2,1-2H3,(H,29,31)/t23-/m1/s1. The zero-order valence-electron chi connectivity index (χ0n) is 20.1. The quantitative estimate of drug-likeness (QED) is 0.488. The first kappa shape index (κ1) is 26.3. The van der Waals surface area contributed by atoms with Crippen molar-refractivity contribution in [2.75, 3.05) is 13.1 Å². The van der Waals surface area contributed by atoms with Crippen LogP contribution in [-0.2, 0) is 20.6 Å². The highest BCUT2D eigenvalue weighted by Crippen LogP contribution is 2.43. The molecule has 2 aromatic carbocycles. The average molecular weight is 540 g/mol. The molecule has 190 valence electrons. The van der Waals surface area contributed by atoms with Gasteiger partial charge in [-0.3, -0.25) is 4.79 Å². The largest absolute Gasteiger partial charge is 0.487 e. The van der Waals surface area contributed by atoms with Gasteiger partial charge in [0.2, 0.25) is 15.9 Å². The maximum absolute atomic E-state index is 13.2. The molecule has 0 bridgehead atoms. The molecule has 0 aromatic heterocycles. The van der Waals surface area contributed by atoms with Crippen molar-refractivity contribution in [2.24, 2.45) is 5.92 Å². The second-order valence-corrected chi connectivity index (χ2v) is 12.3. The van der Waals surface area contributed by atoms with Gasteiger partial charge in [-0.15, -0.1) is 0 Å². The molecule has 1 N–H and O–H groups in total. The number of nitrogens with zero attached hydrogens (tertiary/aromatic N) is 1. The van der Waals surface area contributed by atoms with E-state index in [0.29, 0.717) is 41.5 Å². The van der Waals surface area contributed by atoms with Crippen molar-refractivity contribution < 1.29 is 17.9 Å². The van der Waals surface area contributed by atoms with Gasteiger partial charge in [-0.05, 0) is 49.4 Å². The number of hydrogen-bond acceptors (Lipinski definition) is 4. The van der Waals surface area contributed by atoms with Gasteiger partial charge in [0.15, 0.2) is 0 Å². The average Bonchev–Trinajstić information content (AvgIpc) is 2.86. The van der Waals surface area contributed by atoms with E-state index in [4.69, 9.17) is 27.9 Å². The number of sulfonamides is 1. The Hall–Kier alpha value is -1.80. The summed E-state index contributed by atoms with van der Waals surface area (Å²) in [5, 5.41) is 3.98. The Bertz CT molecular complexity index is 1180. The lowest BCUT2D eigenvalue weighted by Gasteiger charge is -2.42. The highest BCUT2D eigenvalue weighted by molar-refractivity contribution is 7.88. The number of fused-ring (bicyclic) bond motifs is 1. The fourth-order valence-electron chi connectivity index (χ4n) is 5.05. The van der Waals surface area contributed by atoms with Crippen LogP contribution in [0, 0.1) is 5.92 Å². The number of ether oxygens (including phenoxy) is 1. The summed E-state index contributed by atoms with van der Waals surface area (Å²) in [4.78, 5) is 13.2. The van der Waals surface area contributed by atoms with Gasteiger partial charge in [0, 0.05) is 31.0 Å². The molecular weight excluding hydrogens is 507 g/mol. The second-order valence-electron chi connectivity index (χ2n) is 9.47. The summed E-state index contributed by atoms with van der Waals surface area (Å²) in [6.45, 7) is 4.87. The first-order valence-corrected chi connectivity index (χ1v) is 14.5. The molecule has 0 aliphatic carbocycles. The fraction of sp³-hybridized carbons (Fsp3) is 0.500. The number of carbonyl (C=O) groups excluding carboxylic acids is 1. The molecule has 1 saturated heterocycles. The summed E-state index contributed by atoms with van der Waals surface area (Å²) in [5.74, 6) is 0.444. The van der Waals surface area contributed by atoms with Crippen molar-refractivity contribution in [1.82, 2.24) is 9.62 Å². The topological polar surface area (TPSA) is 75.7 Å². The molecule has 0 unspecified atom stereocenters. The van der Waals surface area contributed by atoms with Crippen LogP contribution in [0.4, 0.5) is 0 Å². The number of benzene rings is 2. The molecule has 4 rings (SSSR count).